The number of ketones is 1. The number of aromatic nitrogens is 1. The van der Waals surface area contributed by atoms with Gasteiger partial charge in [0, 0.05) is 53.4 Å². The molecule has 10 heteroatoms. The number of nitrogens with zero attached hydrogens (tertiary/aromatic N) is 2. The number of benzene rings is 2. The van der Waals surface area contributed by atoms with E-state index in [0.29, 0.717) is 39.4 Å². The van der Waals surface area contributed by atoms with Gasteiger partial charge in [-0.3, -0.25) is 19.4 Å². The minimum Gasteiger partial charge on any atom is -0.495 e. The van der Waals surface area contributed by atoms with E-state index in [-0.39, 0.29) is 23.5 Å². The number of carboxylic acid groups (broad SMARTS) is 1. The quantitative estimate of drug-likeness (QED) is 0.105. The molecule has 1 aromatic heterocycles. The van der Waals surface area contributed by atoms with E-state index >= 15 is 0 Å². The number of pyridine rings is 1. The average Bonchev–Trinajstić information content (AvgIpc) is 2.94. The number of carboxylic acids is 1. The van der Waals surface area contributed by atoms with Crippen LogP contribution in [0, 0.1) is 0 Å². The Kier molecular flexibility index (Phi) is 10.3. The van der Waals surface area contributed by atoms with Crippen molar-refractivity contribution in [3.63, 3.8) is 0 Å². The Morgan fingerprint density at radius 2 is 1.82 bits per heavy atom. The summed E-state index contributed by atoms with van der Waals surface area (Å²) in [6.45, 7) is 1.41. The lowest BCUT2D eigenvalue weighted by Crippen LogP contribution is -2.41. The zero-order chi connectivity index (χ0) is 29.2. The van der Waals surface area contributed by atoms with Crippen LogP contribution >= 0.6 is 11.6 Å². The molecule has 1 amide bonds. The van der Waals surface area contributed by atoms with E-state index in [1.165, 1.54) is 44.4 Å². The SMILES string of the molecule is COC(=C/N(C)C(Cc1ccccn1)C(=O)Nc1ccc(C(=O)O)cc1)/C(=C\C=O)c1cc(Cl)ccc1C(C)=O. The third-order valence-corrected chi connectivity index (χ3v) is 6.25. The molecule has 0 aliphatic carbocycles. The molecule has 3 rings (SSSR count). The predicted molar refractivity (Wildman–Crippen MR) is 152 cm³/mol. The predicted octanol–water partition coefficient (Wildman–Crippen LogP) is 4.89. The van der Waals surface area contributed by atoms with Gasteiger partial charge in [0.25, 0.3) is 0 Å². The topological polar surface area (TPSA) is 126 Å². The van der Waals surface area contributed by atoms with Crippen LogP contribution < -0.4 is 5.32 Å². The number of nitrogens with one attached hydrogen (secondary N) is 1. The Balaban J connectivity index is 2.01. The molecule has 0 aliphatic rings. The molecule has 2 aromatic carbocycles. The van der Waals surface area contributed by atoms with E-state index in [4.69, 9.17) is 21.4 Å². The Morgan fingerprint density at radius 3 is 2.40 bits per heavy atom. The van der Waals surface area contributed by atoms with E-state index in [1.54, 1.807) is 54.7 Å². The van der Waals surface area contributed by atoms with Crippen LogP contribution in [-0.4, -0.2) is 59.1 Å². The van der Waals surface area contributed by atoms with Crippen molar-refractivity contribution >= 4 is 46.8 Å². The summed E-state index contributed by atoms with van der Waals surface area (Å²) >= 11 is 6.22. The highest BCUT2D eigenvalue weighted by Gasteiger charge is 2.25. The third kappa shape index (κ3) is 7.64. The van der Waals surface area contributed by atoms with Gasteiger partial charge in [0.2, 0.25) is 5.91 Å². The van der Waals surface area contributed by atoms with Gasteiger partial charge in [0.1, 0.15) is 18.1 Å². The number of anilines is 1. The standard InChI is InChI=1S/C30H28ClN3O6/c1-19(36)24-12-9-21(31)16-26(24)25(13-15-35)28(40-3)18-34(2)27(17-23-6-4-5-14-32-23)29(37)33-22-10-7-20(8-11-22)30(38)39/h4-16,18,27H,17H2,1-3H3,(H,33,37)(H,38,39)/b25-13-,28-18+. The first kappa shape index (κ1) is 29.8. The molecule has 206 valence electrons. The summed E-state index contributed by atoms with van der Waals surface area (Å²) < 4.78 is 5.63. The number of ether oxygens (including phenoxy) is 1. The summed E-state index contributed by atoms with van der Waals surface area (Å²) in [5, 5.41) is 12.3. The molecule has 0 fully saturated rings. The summed E-state index contributed by atoms with van der Waals surface area (Å²) in [4.78, 5) is 54.6. The Hall–Kier alpha value is -4.76. The number of amides is 1. The minimum atomic E-state index is -1.07. The molecule has 0 saturated carbocycles. The number of halogens is 1. The largest absolute Gasteiger partial charge is 0.495 e. The second kappa shape index (κ2) is 13.9. The van der Waals surface area contributed by atoms with E-state index in [0.717, 1.165) is 0 Å². The monoisotopic (exact) mass is 561 g/mol. The van der Waals surface area contributed by atoms with Crippen LogP contribution in [0.1, 0.15) is 38.9 Å². The maximum atomic E-state index is 13.5. The fraction of sp³-hybridized carbons (Fsp3) is 0.167. The van der Waals surface area contributed by atoms with E-state index < -0.39 is 17.9 Å². The molecule has 40 heavy (non-hydrogen) atoms. The maximum absolute atomic E-state index is 13.5. The van der Waals surface area contributed by atoms with Crippen molar-refractivity contribution in [1.82, 2.24) is 9.88 Å². The average molecular weight is 562 g/mol. The summed E-state index contributed by atoms with van der Waals surface area (Å²) in [6.07, 6.45) is 5.23. The molecule has 0 aliphatic heterocycles. The number of carbonyl (C=O) groups is 4. The molecule has 2 N–H and O–H groups in total. The number of Topliss-reactive ketones (excluding diaryl/α,β-unsaturated/α-hetero) is 1. The van der Waals surface area contributed by atoms with E-state index in [9.17, 15) is 19.2 Å². The van der Waals surface area contributed by atoms with Crippen molar-refractivity contribution in [2.75, 3.05) is 19.5 Å². The zero-order valence-corrected chi connectivity index (χ0v) is 22.9. The van der Waals surface area contributed by atoms with Crippen molar-refractivity contribution in [2.24, 2.45) is 0 Å². The Labute approximate surface area is 236 Å². The van der Waals surface area contributed by atoms with Crippen LogP contribution in [0.4, 0.5) is 5.69 Å². The van der Waals surface area contributed by atoms with Gasteiger partial charge in [-0.05, 0) is 73.2 Å². The van der Waals surface area contributed by atoms with Gasteiger partial charge in [-0.15, -0.1) is 0 Å². The Bertz CT molecular complexity index is 1450. The Morgan fingerprint density at radius 1 is 1.10 bits per heavy atom. The summed E-state index contributed by atoms with van der Waals surface area (Å²) in [6, 6.07) is 15.1. The number of likely N-dealkylation sites (N-methyl/N-ethyl adjacent to an activating group) is 1. The third-order valence-electron chi connectivity index (χ3n) is 6.01. The van der Waals surface area contributed by atoms with Crippen LogP contribution in [0.25, 0.3) is 5.57 Å². The van der Waals surface area contributed by atoms with Crippen LogP contribution in [0.15, 0.2) is 84.9 Å². The van der Waals surface area contributed by atoms with Gasteiger partial charge in [-0.25, -0.2) is 4.79 Å². The molecule has 3 aromatic rings. The number of allylic oxidation sites excluding steroid dienone is 2. The van der Waals surface area contributed by atoms with Gasteiger partial charge in [0.15, 0.2) is 5.78 Å². The maximum Gasteiger partial charge on any atom is 0.335 e. The summed E-state index contributed by atoms with van der Waals surface area (Å²) in [7, 11) is 3.08. The highest BCUT2D eigenvalue weighted by Crippen LogP contribution is 2.30. The normalized spacial score (nSPS) is 12.3. The molecular weight excluding hydrogens is 534 g/mol. The lowest BCUT2D eigenvalue weighted by atomic mass is 9.95. The smallest absolute Gasteiger partial charge is 0.335 e. The van der Waals surface area contributed by atoms with Crippen LogP contribution in [0.5, 0.6) is 0 Å². The number of hydrogen-bond donors (Lipinski definition) is 2. The highest BCUT2D eigenvalue weighted by atomic mass is 35.5. The summed E-state index contributed by atoms with van der Waals surface area (Å²) in [5.74, 6) is -1.48. The van der Waals surface area contributed by atoms with Crippen LogP contribution in [0.3, 0.4) is 0 Å². The van der Waals surface area contributed by atoms with Gasteiger partial charge >= 0.3 is 5.97 Å². The van der Waals surface area contributed by atoms with Crippen LogP contribution in [0.2, 0.25) is 5.02 Å². The molecule has 0 radical (unpaired) electrons. The van der Waals surface area contributed by atoms with Crippen molar-refractivity contribution in [3.05, 3.63) is 112 Å². The van der Waals surface area contributed by atoms with Crippen molar-refractivity contribution in [1.29, 1.82) is 0 Å². The lowest BCUT2D eigenvalue weighted by molar-refractivity contribution is -0.120. The molecule has 0 spiro atoms. The van der Waals surface area contributed by atoms with Gasteiger partial charge in [-0.2, -0.15) is 0 Å². The first-order valence-corrected chi connectivity index (χ1v) is 12.5. The van der Waals surface area contributed by atoms with Crippen molar-refractivity contribution in [2.45, 2.75) is 19.4 Å². The fourth-order valence-electron chi connectivity index (χ4n) is 3.99. The number of hydrogen-bond acceptors (Lipinski definition) is 7. The van der Waals surface area contributed by atoms with Crippen molar-refractivity contribution in [3.8, 4) is 0 Å². The summed E-state index contributed by atoms with van der Waals surface area (Å²) in [5.41, 5.74) is 2.21. The van der Waals surface area contributed by atoms with Crippen molar-refractivity contribution < 1.29 is 29.0 Å². The number of aromatic carboxylic acids is 1. The van der Waals surface area contributed by atoms with Gasteiger partial charge in [0.05, 0.1) is 12.7 Å². The molecular formula is C30H28ClN3O6. The number of methoxy groups -OCH3 is 1. The number of carbonyl (C=O) groups excluding carboxylic acids is 3. The van der Waals surface area contributed by atoms with Crippen LogP contribution in [-0.2, 0) is 20.7 Å². The van der Waals surface area contributed by atoms with Gasteiger partial charge < -0.3 is 20.1 Å². The fourth-order valence-corrected chi connectivity index (χ4v) is 4.16. The first-order valence-electron chi connectivity index (χ1n) is 12.1. The molecule has 1 heterocycles. The number of rotatable bonds is 12. The van der Waals surface area contributed by atoms with Gasteiger partial charge in [-0.1, -0.05) is 17.7 Å². The first-order chi connectivity index (χ1) is 19.1. The molecule has 9 nitrogen and oxygen atoms in total. The zero-order valence-electron chi connectivity index (χ0n) is 22.1. The minimum absolute atomic E-state index is 0.0910. The molecule has 1 unspecified atom stereocenters. The second-order valence-corrected chi connectivity index (χ2v) is 9.17. The number of aldehydes is 1. The van der Waals surface area contributed by atoms with E-state index in [1.807, 2.05) is 6.07 Å². The second-order valence-electron chi connectivity index (χ2n) is 8.74. The molecule has 0 saturated heterocycles. The van der Waals surface area contributed by atoms with E-state index in [2.05, 4.69) is 10.3 Å². The molecule has 0 bridgehead atoms. The highest BCUT2D eigenvalue weighted by molar-refractivity contribution is 6.31. The molecule has 1 atom stereocenters. The lowest BCUT2D eigenvalue weighted by Gasteiger charge is -2.27.